The summed E-state index contributed by atoms with van der Waals surface area (Å²) in [5.74, 6) is -1.63. The zero-order chi connectivity index (χ0) is 29.6. The van der Waals surface area contributed by atoms with E-state index in [4.69, 9.17) is 18.8 Å². The number of hydrogen-bond acceptors (Lipinski definition) is 6. The number of methoxy groups -OCH3 is 2. The van der Waals surface area contributed by atoms with Crippen LogP contribution in [0.15, 0.2) is 48.5 Å². The zero-order valence-corrected chi connectivity index (χ0v) is 22.7. The van der Waals surface area contributed by atoms with Crippen molar-refractivity contribution < 1.29 is 45.3 Å². The Labute approximate surface area is 230 Å². The molecule has 0 fully saturated rings. The van der Waals surface area contributed by atoms with Gasteiger partial charge in [-0.05, 0) is 54.4 Å². The maximum Gasteiger partial charge on any atom is 0.433 e. The Morgan fingerprint density at radius 3 is 2.30 bits per heavy atom. The van der Waals surface area contributed by atoms with E-state index >= 15 is 0 Å². The van der Waals surface area contributed by atoms with Gasteiger partial charge in [-0.1, -0.05) is 6.07 Å². The molecule has 3 aromatic rings. The molecule has 0 aliphatic carbocycles. The van der Waals surface area contributed by atoms with Gasteiger partial charge in [0, 0.05) is 25.2 Å². The van der Waals surface area contributed by atoms with E-state index in [0.29, 0.717) is 17.1 Å². The second-order valence-corrected chi connectivity index (χ2v) is 9.56. The van der Waals surface area contributed by atoms with Crippen LogP contribution in [0.4, 0.5) is 23.2 Å². The molecule has 0 saturated carbocycles. The van der Waals surface area contributed by atoms with Crippen LogP contribution in [0.3, 0.4) is 0 Å². The number of anilines is 1. The van der Waals surface area contributed by atoms with Crippen molar-refractivity contribution in [1.82, 2.24) is 10.3 Å². The van der Waals surface area contributed by atoms with Crippen molar-refractivity contribution >= 4 is 22.9 Å². The van der Waals surface area contributed by atoms with Gasteiger partial charge in [0.1, 0.15) is 29.6 Å². The number of rotatable bonds is 11. The van der Waals surface area contributed by atoms with Gasteiger partial charge in [-0.15, -0.1) is 0 Å². The number of alkyl halides is 3. The fraction of sp³-hybridized carbons (Fsp3) is 0.308. The molecular weight excluding hydrogens is 558 g/mol. The first-order valence-corrected chi connectivity index (χ1v) is 12.7. The van der Waals surface area contributed by atoms with Gasteiger partial charge in [0.2, 0.25) is 11.8 Å². The van der Waals surface area contributed by atoms with Crippen LogP contribution in [0.1, 0.15) is 35.2 Å². The normalized spacial score (nSPS) is 12.8. The molecule has 2 atom stereocenters. The molecule has 0 saturated heterocycles. The second-order valence-electron chi connectivity index (χ2n) is 8.55. The van der Waals surface area contributed by atoms with Gasteiger partial charge >= 0.3 is 6.18 Å². The Morgan fingerprint density at radius 1 is 1.10 bits per heavy atom. The van der Waals surface area contributed by atoms with E-state index in [9.17, 15) is 26.6 Å². The fourth-order valence-corrected chi connectivity index (χ4v) is 3.92. The minimum absolute atomic E-state index is 0.136. The highest BCUT2D eigenvalue weighted by molar-refractivity contribution is 7.80. The SMILES string of the molecule is COc1cc(COc2nc(C(F)(F)F)ccc2CNC(=O)C(C)c2ccc(N(C)S(=O)O)c(F)c2)cc(OC)c1. The van der Waals surface area contributed by atoms with Crippen molar-refractivity contribution in [2.24, 2.45) is 0 Å². The highest BCUT2D eigenvalue weighted by Crippen LogP contribution is 2.31. The summed E-state index contributed by atoms with van der Waals surface area (Å²) >= 11 is -2.44. The van der Waals surface area contributed by atoms with Gasteiger partial charge in [0.15, 0.2) is 0 Å². The minimum Gasteiger partial charge on any atom is -0.497 e. The van der Waals surface area contributed by atoms with Crippen LogP contribution in [-0.4, -0.2) is 40.9 Å². The van der Waals surface area contributed by atoms with Crippen molar-refractivity contribution in [2.45, 2.75) is 32.2 Å². The van der Waals surface area contributed by atoms with E-state index in [1.54, 1.807) is 18.2 Å². The van der Waals surface area contributed by atoms with Gasteiger partial charge in [-0.2, -0.15) is 13.2 Å². The number of aromatic nitrogens is 1. The Balaban J connectivity index is 1.78. The van der Waals surface area contributed by atoms with Gasteiger partial charge < -0.3 is 19.5 Å². The lowest BCUT2D eigenvalue weighted by Crippen LogP contribution is -2.28. The topological polar surface area (TPSA) is 110 Å². The first kappa shape index (κ1) is 30.6. The molecule has 9 nitrogen and oxygen atoms in total. The average molecular weight is 586 g/mol. The molecule has 0 spiro atoms. The number of nitrogens with zero attached hydrogens (tertiary/aromatic N) is 2. The maximum absolute atomic E-state index is 14.5. The number of nitrogens with one attached hydrogen (secondary N) is 1. The van der Waals surface area contributed by atoms with E-state index in [1.807, 2.05) is 0 Å². The molecule has 3 rings (SSSR count). The summed E-state index contributed by atoms with van der Waals surface area (Å²) in [6, 6.07) is 10.6. The van der Waals surface area contributed by atoms with Gasteiger partial charge in [-0.25, -0.2) is 13.6 Å². The van der Waals surface area contributed by atoms with E-state index in [2.05, 4.69) is 10.3 Å². The average Bonchev–Trinajstić information content (AvgIpc) is 2.93. The molecule has 1 aromatic heterocycles. The summed E-state index contributed by atoms with van der Waals surface area (Å²) in [5, 5.41) is 2.60. The molecule has 1 heterocycles. The van der Waals surface area contributed by atoms with E-state index in [1.165, 1.54) is 40.3 Å². The molecule has 0 aliphatic rings. The molecule has 0 aliphatic heterocycles. The zero-order valence-electron chi connectivity index (χ0n) is 21.9. The molecule has 40 heavy (non-hydrogen) atoms. The fourth-order valence-electron chi connectivity index (χ4n) is 3.61. The third-order valence-corrected chi connectivity index (χ3v) is 6.57. The highest BCUT2D eigenvalue weighted by Gasteiger charge is 2.33. The third-order valence-electron chi connectivity index (χ3n) is 5.91. The van der Waals surface area contributed by atoms with E-state index < -0.39 is 40.8 Å². The number of pyridine rings is 1. The number of halogens is 4. The molecular formula is C26H27F4N3O6S. The number of carbonyl (C=O) groups excluding carboxylic acids is 1. The van der Waals surface area contributed by atoms with Crippen LogP contribution in [-0.2, 0) is 35.4 Å². The summed E-state index contributed by atoms with van der Waals surface area (Å²) in [5.41, 5.74) is -0.302. The number of ether oxygens (including phenoxy) is 3. The van der Waals surface area contributed by atoms with E-state index in [0.717, 1.165) is 22.5 Å². The second kappa shape index (κ2) is 13.0. The summed E-state index contributed by atoms with van der Waals surface area (Å²) in [6.07, 6.45) is -4.72. The predicted octanol–water partition coefficient (Wildman–Crippen LogP) is 4.83. The number of benzene rings is 2. The predicted molar refractivity (Wildman–Crippen MR) is 139 cm³/mol. The van der Waals surface area contributed by atoms with Crippen LogP contribution in [0.5, 0.6) is 17.4 Å². The number of amides is 1. The summed E-state index contributed by atoms with van der Waals surface area (Å²) in [6.45, 7) is 1.12. The Hall–Kier alpha value is -3.91. The van der Waals surface area contributed by atoms with Gasteiger partial charge in [-0.3, -0.25) is 13.7 Å². The molecule has 1 amide bonds. The summed E-state index contributed by atoms with van der Waals surface area (Å²) < 4.78 is 91.7. The van der Waals surface area contributed by atoms with Crippen molar-refractivity contribution in [2.75, 3.05) is 25.6 Å². The van der Waals surface area contributed by atoms with Crippen LogP contribution in [0.25, 0.3) is 0 Å². The molecule has 0 bridgehead atoms. The lowest BCUT2D eigenvalue weighted by molar-refractivity contribution is -0.141. The minimum atomic E-state index is -4.72. The van der Waals surface area contributed by atoms with Crippen molar-refractivity contribution in [1.29, 1.82) is 0 Å². The lowest BCUT2D eigenvalue weighted by atomic mass is 9.99. The monoisotopic (exact) mass is 585 g/mol. The van der Waals surface area contributed by atoms with Gasteiger partial charge in [0.05, 0.1) is 25.8 Å². The largest absolute Gasteiger partial charge is 0.497 e. The molecule has 216 valence electrons. The Bertz CT molecular complexity index is 1370. The van der Waals surface area contributed by atoms with E-state index in [-0.39, 0.29) is 35.8 Å². The van der Waals surface area contributed by atoms with Crippen molar-refractivity contribution in [3.05, 3.63) is 76.7 Å². The number of carbonyl (C=O) groups is 1. The van der Waals surface area contributed by atoms with Crippen LogP contribution < -0.4 is 23.8 Å². The van der Waals surface area contributed by atoms with Gasteiger partial charge in [0.25, 0.3) is 11.3 Å². The van der Waals surface area contributed by atoms with Crippen molar-refractivity contribution in [3.63, 3.8) is 0 Å². The quantitative estimate of drug-likeness (QED) is 0.245. The van der Waals surface area contributed by atoms with Crippen LogP contribution in [0, 0.1) is 5.82 Å². The lowest BCUT2D eigenvalue weighted by Gasteiger charge is -2.18. The molecule has 2 unspecified atom stereocenters. The standard InChI is InChI=1S/C26H27F4N3O6S/c1-15(17-5-7-22(21(27)11-17)33(2)40(35)36)24(34)31-13-18-6-8-23(26(28,29)30)32-25(18)39-14-16-9-19(37-3)12-20(10-16)38-4/h5-12,15H,13-14H2,1-4H3,(H,31,34)(H,35,36). The first-order chi connectivity index (χ1) is 18.8. The van der Waals surface area contributed by atoms with Crippen LogP contribution >= 0.6 is 0 Å². The Kier molecular flexibility index (Phi) is 9.93. The number of hydrogen-bond donors (Lipinski definition) is 2. The summed E-state index contributed by atoms with van der Waals surface area (Å²) in [4.78, 5) is 16.4. The molecule has 0 radical (unpaired) electrons. The smallest absolute Gasteiger partial charge is 0.433 e. The van der Waals surface area contributed by atoms with Crippen molar-refractivity contribution in [3.8, 4) is 17.4 Å². The Morgan fingerprint density at radius 2 is 1.75 bits per heavy atom. The molecule has 14 heteroatoms. The first-order valence-electron chi connectivity index (χ1n) is 11.7. The molecule has 2 aromatic carbocycles. The maximum atomic E-state index is 14.5. The molecule has 2 N–H and O–H groups in total. The van der Waals surface area contributed by atoms with Crippen LogP contribution in [0.2, 0.25) is 0 Å². The third kappa shape index (κ3) is 7.60. The highest BCUT2D eigenvalue weighted by atomic mass is 32.2. The summed E-state index contributed by atoms with van der Waals surface area (Å²) in [7, 11) is 4.13.